The molecule has 0 spiro atoms. The minimum Gasteiger partial charge on any atom is -0.100 e. The predicted molar refractivity (Wildman–Crippen MR) is 118 cm³/mol. The zero-order valence-electron chi connectivity index (χ0n) is 18.7. The highest BCUT2D eigenvalue weighted by molar-refractivity contribution is 6.10. The lowest BCUT2D eigenvalue weighted by Gasteiger charge is -2.63. The molecule has 0 aliphatic heterocycles. The van der Waals surface area contributed by atoms with Crippen molar-refractivity contribution in [2.24, 2.45) is 45.8 Å². The molecular weight excluding hydrogens is 323 g/mol. The molecule has 8 unspecified atom stereocenters. The van der Waals surface area contributed by atoms with Gasteiger partial charge in [-0.3, -0.25) is 0 Å². The van der Waals surface area contributed by atoms with Crippen LogP contribution in [-0.2, 0) is 0 Å². The molecule has 0 nitrogen and oxygen atoms in total. The van der Waals surface area contributed by atoms with Crippen molar-refractivity contribution in [3.8, 4) is 0 Å². The van der Waals surface area contributed by atoms with Crippen molar-refractivity contribution in [2.45, 2.75) is 105 Å². The lowest BCUT2D eigenvalue weighted by atomic mass is 9.41. The van der Waals surface area contributed by atoms with E-state index in [0.29, 0.717) is 28.5 Å². The Labute approximate surface area is 170 Å². The molecule has 8 atom stereocenters. The summed E-state index contributed by atoms with van der Waals surface area (Å²) in [6.07, 6.45) is 16.6. The fraction of sp³-hybridized carbons (Fsp3) is 0.923. The summed E-state index contributed by atoms with van der Waals surface area (Å²) in [7, 11) is 6.08. The molecule has 4 aliphatic carbocycles. The number of fused-ring (bicyclic) bond motifs is 5. The van der Waals surface area contributed by atoms with Gasteiger partial charge in [0, 0.05) is 0 Å². The van der Waals surface area contributed by atoms with Gasteiger partial charge in [-0.1, -0.05) is 52.4 Å². The largest absolute Gasteiger partial charge is 0.100 e. The predicted octanol–water partition coefficient (Wildman–Crippen LogP) is 7.59. The van der Waals surface area contributed by atoms with Crippen LogP contribution < -0.4 is 0 Å². The molecule has 4 fully saturated rings. The first kappa shape index (κ1) is 20.1. The monoisotopic (exact) mass is 366 g/mol. The molecule has 150 valence electrons. The third-order valence-electron chi connectivity index (χ3n) is 11.0. The van der Waals surface area contributed by atoms with Crippen molar-refractivity contribution < 1.29 is 0 Å². The van der Waals surface area contributed by atoms with Crippen LogP contribution in [0.15, 0.2) is 12.2 Å². The second kappa shape index (κ2) is 6.95. The van der Waals surface area contributed by atoms with E-state index in [1.165, 1.54) is 76.2 Å². The topological polar surface area (TPSA) is 0 Å². The van der Waals surface area contributed by atoms with Gasteiger partial charge in [0.15, 0.2) is 0 Å². The van der Waals surface area contributed by atoms with Crippen LogP contribution in [0.4, 0.5) is 0 Å². The lowest BCUT2D eigenvalue weighted by molar-refractivity contribution is -0.141. The first-order valence-electron chi connectivity index (χ1n) is 12.2. The summed E-state index contributed by atoms with van der Waals surface area (Å²) in [4.78, 5) is 0. The molecule has 2 radical (unpaired) electrons. The van der Waals surface area contributed by atoms with Crippen LogP contribution in [0.5, 0.6) is 0 Å². The number of rotatable bonds is 3. The van der Waals surface area contributed by atoms with Gasteiger partial charge in [-0.25, -0.2) is 0 Å². The van der Waals surface area contributed by atoms with Crippen molar-refractivity contribution in [2.75, 3.05) is 0 Å². The van der Waals surface area contributed by atoms with E-state index in [-0.39, 0.29) is 0 Å². The molecule has 0 N–H and O–H groups in total. The van der Waals surface area contributed by atoms with Crippen molar-refractivity contribution in [3.63, 3.8) is 0 Å². The van der Waals surface area contributed by atoms with Crippen molar-refractivity contribution in [1.82, 2.24) is 0 Å². The van der Waals surface area contributed by atoms with Crippen LogP contribution >= 0.6 is 0 Å². The van der Waals surface area contributed by atoms with Crippen LogP contribution in [0.25, 0.3) is 0 Å². The third kappa shape index (κ3) is 2.76. The molecule has 4 saturated carbocycles. The molecule has 4 rings (SSSR count). The van der Waals surface area contributed by atoms with Crippen LogP contribution in [0.1, 0.15) is 98.3 Å². The summed E-state index contributed by atoms with van der Waals surface area (Å²) in [5.41, 5.74) is 3.03. The first-order valence-corrected chi connectivity index (χ1v) is 12.2. The van der Waals surface area contributed by atoms with Crippen molar-refractivity contribution in [3.05, 3.63) is 12.2 Å². The molecule has 0 aromatic heterocycles. The minimum absolute atomic E-state index is 0.528. The molecule has 4 aliphatic rings. The Kier molecular flexibility index (Phi) is 5.17. The van der Waals surface area contributed by atoms with E-state index in [1.54, 1.807) is 0 Å². The summed E-state index contributed by atoms with van der Waals surface area (Å²) in [5, 5.41) is 0. The summed E-state index contributed by atoms with van der Waals surface area (Å²) in [6.45, 7) is 14.8. The van der Waals surface area contributed by atoms with Gasteiger partial charge < -0.3 is 0 Å². The summed E-state index contributed by atoms with van der Waals surface area (Å²) < 4.78 is 0. The first-order chi connectivity index (χ1) is 12.8. The van der Waals surface area contributed by atoms with E-state index in [2.05, 4.69) is 34.3 Å². The van der Waals surface area contributed by atoms with Crippen LogP contribution in [-0.4, -0.2) is 7.85 Å². The molecule has 0 bridgehead atoms. The highest BCUT2D eigenvalue weighted by Gasteiger charge is 2.63. The Morgan fingerprint density at radius 2 is 1.78 bits per heavy atom. The Morgan fingerprint density at radius 3 is 2.48 bits per heavy atom. The van der Waals surface area contributed by atoms with Gasteiger partial charge in [-0.2, -0.15) is 0 Å². The van der Waals surface area contributed by atoms with Crippen molar-refractivity contribution >= 4 is 7.85 Å². The molecule has 27 heavy (non-hydrogen) atoms. The summed E-state index contributed by atoms with van der Waals surface area (Å²) >= 11 is 0. The van der Waals surface area contributed by atoms with Gasteiger partial charge in [-0.15, -0.1) is 6.58 Å². The highest BCUT2D eigenvalue weighted by atomic mass is 14.7. The molecule has 0 amide bonds. The van der Waals surface area contributed by atoms with Crippen molar-refractivity contribution in [1.29, 1.82) is 0 Å². The molecular formula is C26H43B. The van der Waals surface area contributed by atoms with E-state index in [9.17, 15) is 0 Å². The summed E-state index contributed by atoms with van der Waals surface area (Å²) in [6, 6.07) is 0. The van der Waals surface area contributed by atoms with E-state index in [0.717, 1.165) is 23.7 Å². The van der Waals surface area contributed by atoms with Crippen LogP contribution in [0.2, 0.25) is 6.32 Å². The van der Waals surface area contributed by atoms with Gasteiger partial charge in [0.25, 0.3) is 0 Å². The second-order valence-corrected chi connectivity index (χ2v) is 11.7. The smallest absolute Gasteiger partial charge is 0.0712 e. The van der Waals surface area contributed by atoms with E-state index < -0.39 is 0 Å². The SMILES string of the molecule is [B]CC(=C)C1CCC2C3CCC4(C)CC(C)CCCC4(C)C3CCC12CC. The summed E-state index contributed by atoms with van der Waals surface area (Å²) in [5.74, 6) is 4.51. The zero-order chi connectivity index (χ0) is 19.4. The Bertz CT molecular complexity index is 581. The second-order valence-electron chi connectivity index (χ2n) is 11.7. The maximum absolute atomic E-state index is 6.08. The average molecular weight is 366 g/mol. The maximum atomic E-state index is 6.08. The van der Waals surface area contributed by atoms with Gasteiger partial charge in [-0.05, 0) is 104 Å². The standard InChI is InChI=1S/C26H43B/c1-6-26-15-12-22-20(23(26)10-9-21(26)19(3)17-27)11-14-24(4)16-18(2)8-7-13-25(22,24)5/h18,20-23H,3,6-17H2,1-2,4-5H3. The molecule has 0 aromatic carbocycles. The minimum atomic E-state index is 0.528. The number of hydrogen-bond acceptors (Lipinski definition) is 0. The number of hydrogen-bond donors (Lipinski definition) is 0. The van der Waals surface area contributed by atoms with E-state index in [1.807, 2.05) is 0 Å². The Hall–Kier alpha value is -0.195. The van der Waals surface area contributed by atoms with E-state index >= 15 is 0 Å². The van der Waals surface area contributed by atoms with Gasteiger partial charge in [0.2, 0.25) is 0 Å². The molecule has 0 aromatic rings. The lowest BCUT2D eigenvalue weighted by Crippen LogP contribution is -2.56. The molecule has 0 saturated heterocycles. The molecule has 0 heterocycles. The fourth-order valence-corrected chi connectivity index (χ4v) is 9.46. The third-order valence-corrected chi connectivity index (χ3v) is 11.0. The average Bonchev–Trinajstić information content (AvgIpc) is 2.98. The zero-order valence-corrected chi connectivity index (χ0v) is 18.7. The normalized spacial score (nSPS) is 52.4. The number of allylic oxidation sites excluding steroid dienone is 1. The Balaban J connectivity index is 1.67. The Morgan fingerprint density at radius 1 is 1.00 bits per heavy atom. The maximum Gasteiger partial charge on any atom is 0.0712 e. The fourth-order valence-electron chi connectivity index (χ4n) is 9.46. The quantitative estimate of drug-likeness (QED) is 0.356. The van der Waals surface area contributed by atoms with Crippen LogP contribution in [0, 0.1) is 45.8 Å². The van der Waals surface area contributed by atoms with Crippen LogP contribution in [0.3, 0.4) is 0 Å². The van der Waals surface area contributed by atoms with Gasteiger partial charge >= 0.3 is 0 Å². The molecule has 1 heteroatoms. The van der Waals surface area contributed by atoms with E-state index in [4.69, 9.17) is 7.85 Å². The highest BCUT2D eigenvalue weighted by Crippen LogP contribution is 2.71. The van der Waals surface area contributed by atoms with Gasteiger partial charge in [0.1, 0.15) is 0 Å². The van der Waals surface area contributed by atoms with Gasteiger partial charge in [0.05, 0.1) is 7.85 Å².